The molecule has 0 amide bonds. The van der Waals surface area contributed by atoms with Gasteiger partial charge in [0.25, 0.3) is 0 Å². The van der Waals surface area contributed by atoms with Gasteiger partial charge in [0.05, 0.1) is 17.5 Å². The molecule has 0 aliphatic heterocycles. The summed E-state index contributed by atoms with van der Waals surface area (Å²) in [6.07, 6.45) is -4.48. The summed E-state index contributed by atoms with van der Waals surface area (Å²) < 4.78 is 0. The minimum absolute atomic E-state index is 0.116. The molecule has 0 saturated heterocycles. The number of hydrogen-bond donors (Lipinski definition) is 4. The molecule has 0 aromatic rings. The molecule has 0 saturated carbocycles. The van der Waals surface area contributed by atoms with Crippen LogP contribution in [0.3, 0.4) is 0 Å². The number of hydrogen-bond acceptors (Lipinski definition) is 5. The van der Waals surface area contributed by atoms with E-state index in [2.05, 4.69) is 15.9 Å². The quantitative estimate of drug-likeness (QED) is 0.331. The molecule has 0 aromatic carbocycles. The molecule has 4 N–H and O–H groups in total. The van der Waals surface area contributed by atoms with Gasteiger partial charge >= 0.3 is 0 Å². The Balaban J connectivity index is 4.07. The van der Waals surface area contributed by atoms with Crippen LogP contribution < -0.4 is 0 Å². The Morgan fingerprint density at radius 2 is 1.75 bits per heavy atom. The van der Waals surface area contributed by atoms with Gasteiger partial charge in [0.15, 0.2) is 6.29 Å². The van der Waals surface area contributed by atoms with Crippen molar-refractivity contribution in [3.8, 4) is 0 Å². The van der Waals surface area contributed by atoms with E-state index in [1.165, 1.54) is 0 Å². The third kappa shape index (κ3) is 3.16. The van der Waals surface area contributed by atoms with Gasteiger partial charge in [0, 0.05) is 0 Å². The van der Waals surface area contributed by atoms with E-state index in [4.69, 9.17) is 20.4 Å². The third-order valence-electron chi connectivity index (χ3n) is 1.38. The number of halogens is 1. The zero-order valence-corrected chi connectivity index (χ0v) is 7.75. The second kappa shape index (κ2) is 5.60. The van der Waals surface area contributed by atoms with E-state index >= 15 is 0 Å². The first-order valence-electron chi connectivity index (χ1n) is 3.29. The van der Waals surface area contributed by atoms with Crippen molar-refractivity contribution in [2.45, 2.75) is 23.1 Å². The summed E-state index contributed by atoms with van der Waals surface area (Å²) in [4.78, 5) is 9.20. The molecule has 4 atom stereocenters. The Labute approximate surface area is 77.8 Å². The number of rotatable bonds is 5. The lowest BCUT2D eigenvalue weighted by atomic mass is 10.1. The SMILES string of the molecule is O=C[C@@H](O)[C@H](O)[C@@H](O)[C@H](Br)CO. The average molecular weight is 243 g/mol. The zero-order valence-electron chi connectivity index (χ0n) is 6.17. The molecule has 0 unspecified atom stereocenters. The molecular formula is C6H11BrO5. The second-order valence-corrected chi connectivity index (χ2v) is 3.48. The molecular weight excluding hydrogens is 232 g/mol. The maximum atomic E-state index is 9.96. The molecule has 6 heteroatoms. The van der Waals surface area contributed by atoms with E-state index in [1.54, 1.807) is 0 Å². The van der Waals surface area contributed by atoms with E-state index < -0.39 is 29.7 Å². The largest absolute Gasteiger partial charge is 0.395 e. The van der Waals surface area contributed by atoms with E-state index in [0.29, 0.717) is 0 Å². The van der Waals surface area contributed by atoms with Crippen LogP contribution in [0.1, 0.15) is 0 Å². The molecule has 0 radical (unpaired) electrons. The Morgan fingerprint density at radius 1 is 1.25 bits per heavy atom. The fraction of sp³-hybridized carbons (Fsp3) is 0.833. The average Bonchev–Trinajstić information content (AvgIpc) is 2.12. The van der Waals surface area contributed by atoms with Gasteiger partial charge in [-0.1, -0.05) is 15.9 Å². The van der Waals surface area contributed by atoms with Gasteiger partial charge in [0.1, 0.15) is 12.2 Å². The number of alkyl halides is 1. The molecule has 0 rings (SSSR count). The highest BCUT2D eigenvalue weighted by Gasteiger charge is 2.29. The normalized spacial score (nSPS) is 21.1. The number of carbonyl (C=O) groups excluding carboxylic acids is 1. The van der Waals surface area contributed by atoms with Gasteiger partial charge in [-0.2, -0.15) is 0 Å². The van der Waals surface area contributed by atoms with Crippen LogP contribution in [0.25, 0.3) is 0 Å². The number of aliphatic hydroxyl groups is 4. The van der Waals surface area contributed by atoms with E-state index in [1.807, 2.05) is 0 Å². The van der Waals surface area contributed by atoms with Gasteiger partial charge < -0.3 is 25.2 Å². The first kappa shape index (κ1) is 12.0. The Kier molecular flexibility index (Phi) is 5.60. The Morgan fingerprint density at radius 3 is 2.08 bits per heavy atom. The summed E-state index contributed by atoms with van der Waals surface area (Å²) in [6.45, 7) is -0.399. The maximum absolute atomic E-state index is 9.96. The molecule has 0 aliphatic carbocycles. The molecule has 12 heavy (non-hydrogen) atoms. The van der Waals surface area contributed by atoms with E-state index in [0.717, 1.165) is 0 Å². The fourth-order valence-corrected chi connectivity index (χ4v) is 0.917. The number of aliphatic hydroxyl groups excluding tert-OH is 4. The van der Waals surface area contributed by atoms with Gasteiger partial charge in [-0.05, 0) is 0 Å². The van der Waals surface area contributed by atoms with Gasteiger partial charge in [-0.25, -0.2) is 0 Å². The predicted molar refractivity (Wildman–Crippen MR) is 43.9 cm³/mol. The summed E-state index contributed by atoms with van der Waals surface area (Å²) in [7, 11) is 0. The molecule has 0 bridgehead atoms. The Bertz CT molecular complexity index is 142. The first-order valence-corrected chi connectivity index (χ1v) is 4.20. The van der Waals surface area contributed by atoms with Crippen molar-refractivity contribution in [2.75, 3.05) is 6.61 Å². The lowest BCUT2D eigenvalue weighted by molar-refractivity contribution is -0.126. The summed E-state index contributed by atoms with van der Waals surface area (Å²) in [5.74, 6) is 0. The maximum Gasteiger partial charge on any atom is 0.151 e. The summed E-state index contributed by atoms with van der Waals surface area (Å²) in [5, 5.41) is 35.4. The van der Waals surface area contributed by atoms with Crippen molar-refractivity contribution in [1.29, 1.82) is 0 Å². The lowest BCUT2D eigenvalue weighted by Crippen LogP contribution is -2.44. The van der Waals surface area contributed by atoms with Crippen LogP contribution in [0, 0.1) is 0 Å². The van der Waals surface area contributed by atoms with Crippen LogP contribution in [-0.2, 0) is 4.79 Å². The molecule has 0 aromatic heterocycles. The molecule has 0 heterocycles. The van der Waals surface area contributed by atoms with Gasteiger partial charge in [-0.15, -0.1) is 0 Å². The monoisotopic (exact) mass is 242 g/mol. The van der Waals surface area contributed by atoms with Crippen LogP contribution in [0.15, 0.2) is 0 Å². The molecule has 0 spiro atoms. The highest BCUT2D eigenvalue weighted by atomic mass is 79.9. The number of carbonyl (C=O) groups is 1. The standard InChI is InChI=1S/C6H11BrO5/c7-3(1-8)5(11)6(12)4(10)2-9/h2-6,8,10-12H,1H2/t3-,4-,5+,6+/m1/s1. The van der Waals surface area contributed by atoms with Crippen molar-refractivity contribution < 1.29 is 25.2 Å². The van der Waals surface area contributed by atoms with Crippen molar-refractivity contribution in [3.63, 3.8) is 0 Å². The smallest absolute Gasteiger partial charge is 0.151 e. The predicted octanol–water partition coefficient (Wildman–Crippen LogP) is -1.98. The van der Waals surface area contributed by atoms with Crippen LogP contribution in [-0.4, -0.2) is 56.5 Å². The second-order valence-electron chi connectivity index (χ2n) is 2.31. The van der Waals surface area contributed by atoms with E-state index in [-0.39, 0.29) is 6.29 Å². The van der Waals surface area contributed by atoms with Gasteiger partial charge in [-0.3, -0.25) is 0 Å². The molecule has 0 fully saturated rings. The number of aldehydes is 1. The minimum Gasteiger partial charge on any atom is -0.395 e. The minimum atomic E-state index is -1.63. The summed E-state index contributed by atoms with van der Waals surface area (Å²) in [5.41, 5.74) is 0. The highest BCUT2D eigenvalue weighted by molar-refractivity contribution is 9.09. The fourth-order valence-electron chi connectivity index (χ4n) is 0.604. The van der Waals surface area contributed by atoms with Crippen LogP contribution in [0.5, 0.6) is 0 Å². The summed E-state index contributed by atoms with van der Waals surface area (Å²) >= 11 is 2.85. The van der Waals surface area contributed by atoms with Crippen LogP contribution in [0.2, 0.25) is 0 Å². The van der Waals surface area contributed by atoms with Crippen molar-refractivity contribution in [3.05, 3.63) is 0 Å². The topological polar surface area (TPSA) is 98.0 Å². The van der Waals surface area contributed by atoms with Gasteiger partial charge in [0.2, 0.25) is 0 Å². The molecule has 72 valence electrons. The first-order chi connectivity index (χ1) is 5.54. The molecule has 0 aliphatic rings. The molecule has 5 nitrogen and oxygen atoms in total. The summed E-state index contributed by atoms with van der Waals surface area (Å²) in [6, 6.07) is 0. The van der Waals surface area contributed by atoms with Crippen molar-refractivity contribution in [2.24, 2.45) is 0 Å². The van der Waals surface area contributed by atoms with Crippen LogP contribution >= 0.6 is 15.9 Å². The highest BCUT2D eigenvalue weighted by Crippen LogP contribution is 2.10. The third-order valence-corrected chi connectivity index (χ3v) is 2.22. The van der Waals surface area contributed by atoms with Crippen LogP contribution in [0.4, 0.5) is 0 Å². The Hall–Kier alpha value is -0.01000. The van der Waals surface area contributed by atoms with E-state index in [9.17, 15) is 4.79 Å². The zero-order chi connectivity index (χ0) is 9.72. The van der Waals surface area contributed by atoms with Crippen molar-refractivity contribution in [1.82, 2.24) is 0 Å². The lowest BCUT2D eigenvalue weighted by Gasteiger charge is -2.22. The van der Waals surface area contributed by atoms with Crippen molar-refractivity contribution >= 4 is 22.2 Å².